The van der Waals surface area contributed by atoms with E-state index in [1.54, 1.807) is 25.3 Å². The van der Waals surface area contributed by atoms with Crippen LogP contribution in [0.4, 0.5) is 4.79 Å². The zero-order valence-electron chi connectivity index (χ0n) is 27.9. The van der Waals surface area contributed by atoms with E-state index in [0.717, 1.165) is 48.7 Å². The zero-order chi connectivity index (χ0) is 33.7. The summed E-state index contributed by atoms with van der Waals surface area (Å²) in [5.74, 6) is -0.121. The summed E-state index contributed by atoms with van der Waals surface area (Å²) in [6.07, 6.45) is 11.5. The molecular weight excluding hydrogens is 600 g/mol. The minimum absolute atomic E-state index is 0.0722. The van der Waals surface area contributed by atoms with Crippen LogP contribution in [0.15, 0.2) is 42.7 Å². The molecule has 0 spiro atoms. The van der Waals surface area contributed by atoms with E-state index in [9.17, 15) is 19.5 Å². The molecule has 0 radical (unpaired) electrons. The van der Waals surface area contributed by atoms with Gasteiger partial charge in [0.15, 0.2) is 0 Å². The zero-order valence-corrected chi connectivity index (χ0v) is 27.9. The predicted octanol–water partition coefficient (Wildman–Crippen LogP) is 4.94. The maximum absolute atomic E-state index is 13.6. The van der Waals surface area contributed by atoms with Crippen molar-refractivity contribution in [2.45, 2.75) is 77.4 Å². The first-order valence-corrected chi connectivity index (χ1v) is 16.4. The molecule has 1 aromatic carbocycles. The Morgan fingerprint density at radius 3 is 2.77 bits per heavy atom. The number of methoxy groups -OCH3 is 1. The summed E-state index contributed by atoms with van der Waals surface area (Å²) < 4.78 is 13.8. The van der Waals surface area contributed by atoms with Gasteiger partial charge < -0.3 is 30.1 Å². The average Bonchev–Trinajstić information content (AvgIpc) is 3.53. The SMILES string of the molecule is COc1ccc2c(OCC[C@@H]3NC(=O)N(C)CCCC/C=C\[C@@H]4C[C@@]4(C(=O)O)NC3=O)cc(-c3cnn(CCC(C)C)c3)nc2c1C. The fourth-order valence-corrected chi connectivity index (χ4v) is 5.93. The molecule has 3 amide bonds. The van der Waals surface area contributed by atoms with Gasteiger partial charge in [-0.05, 0) is 57.1 Å². The van der Waals surface area contributed by atoms with Gasteiger partial charge in [-0.15, -0.1) is 0 Å². The van der Waals surface area contributed by atoms with Gasteiger partial charge in [-0.3, -0.25) is 9.48 Å². The summed E-state index contributed by atoms with van der Waals surface area (Å²) in [7, 11) is 3.30. The largest absolute Gasteiger partial charge is 0.496 e. The molecule has 0 saturated heterocycles. The molecule has 5 rings (SSSR count). The van der Waals surface area contributed by atoms with Crippen molar-refractivity contribution in [3.05, 3.63) is 48.3 Å². The second kappa shape index (κ2) is 14.4. The number of nitrogens with one attached hydrogen (secondary N) is 2. The Morgan fingerprint density at radius 2 is 2.02 bits per heavy atom. The summed E-state index contributed by atoms with van der Waals surface area (Å²) in [5.41, 5.74) is 1.72. The molecule has 12 heteroatoms. The second-order valence-electron chi connectivity index (χ2n) is 13.0. The third-order valence-electron chi connectivity index (χ3n) is 9.08. The highest BCUT2D eigenvalue weighted by Gasteiger charge is 2.60. The molecule has 1 aliphatic carbocycles. The Hall–Kier alpha value is -4.61. The molecule has 0 unspecified atom stereocenters. The molecular formula is C35H46N6O6. The minimum atomic E-state index is -1.38. The molecule has 3 aromatic rings. The monoisotopic (exact) mass is 646 g/mol. The summed E-state index contributed by atoms with van der Waals surface area (Å²) in [5, 5.41) is 20.9. The van der Waals surface area contributed by atoms with Gasteiger partial charge in [0, 0.05) is 61.3 Å². The molecule has 1 fully saturated rings. The first kappa shape index (κ1) is 33.7. The van der Waals surface area contributed by atoms with Crippen LogP contribution in [-0.4, -0.2) is 81.6 Å². The molecule has 47 heavy (non-hydrogen) atoms. The lowest BCUT2D eigenvalue weighted by Crippen LogP contribution is -2.55. The summed E-state index contributed by atoms with van der Waals surface area (Å²) in [6, 6.07) is 4.20. The van der Waals surface area contributed by atoms with Crippen molar-refractivity contribution in [2.24, 2.45) is 11.8 Å². The van der Waals surface area contributed by atoms with E-state index >= 15 is 0 Å². The lowest BCUT2D eigenvalue weighted by Gasteiger charge is -2.25. The predicted molar refractivity (Wildman–Crippen MR) is 178 cm³/mol. The molecule has 3 N–H and O–H groups in total. The molecule has 3 heterocycles. The van der Waals surface area contributed by atoms with E-state index in [1.165, 1.54) is 0 Å². The van der Waals surface area contributed by atoms with Crippen molar-refractivity contribution >= 4 is 28.8 Å². The number of pyridine rings is 1. The van der Waals surface area contributed by atoms with Crippen LogP contribution in [0.1, 0.15) is 57.9 Å². The van der Waals surface area contributed by atoms with Gasteiger partial charge in [-0.1, -0.05) is 26.0 Å². The van der Waals surface area contributed by atoms with E-state index in [-0.39, 0.29) is 18.9 Å². The van der Waals surface area contributed by atoms with Gasteiger partial charge in [0.2, 0.25) is 5.91 Å². The van der Waals surface area contributed by atoms with Gasteiger partial charge in [-0.25, -0.2) is 14.6 Å². The Bertz CT molecular complexity index is 1650. The summed E-state index contributed by atoms with van der Waals surface area (Å²) in [4.78, 5) is 45.4. The molecule has 3 atom stereocenters. The number of aryl methyl sites for hydroxylation is 2. The molecule has 12 nitrogen and oxygen atoms in total. The van der Waals surface area contributed by atoms with Crippen molar-refractivity contribution in [3.63, 3.8) is 0 Å². The number of carboxylic acid groups (broad SMARTS) is 1. The molecule has 1 aliphatic heterocycles. The summed E-state index contributed by atoms with van der Waals surface area (Å²) in [6.45, 7) is 7.71. The lowest BCUT2D eigenvalue weighted by atomic mass is 10.1. The second-order valence-corrected chi connectivity index (χ2v) is 13.0. The number of allylic oxidation sites excluding steroid dienone is 1. The lowest BCUT2D eigenvalue weighted by molar-refractivity contribution is -0.143. The van der Waals surface area contributed by atoms with E-state index < -0.39 is 29.5 Å². The van der Waals surface area contributed by atoms with E-state index in [0.29, 0.717) is 41.6 Å². The van der Waals surface area contributed by atoms with E-state index in [1.807, 2.05) is 48.2 Å². The first-order chi connectivity index (χ1) is 22.5. The number of nitrogens with zero attached hydrogens (tertiary/aromatic N) is 4. The van der Waals surface area contributed by atoms with E-state index in [2.05, 4.69) is 29.6 Å². The third-order valence-corrected chi connectivity index (χ3v) is 9.08. The van der Waals surface area contributed by atoms with Crippen LogP contribution in [0.3, 0.4) is 0 Å². The number of carbonyl (C=O) groups is 3. The van der Waals surface area contributed by atoms with Gasteiger partial charge in [0.05, 0.1) is 31.1 Å². The van der Waals surface area contributed by atoms with Crippen LogP contribution in [0, 0.1) is 18.8 Å². The maximum atomic E-state index is 13.6. The number of aliphatic carboxylic acids is 1. The highest BCUT2D eigenvalue weighted by atomic mass is 16.5. The van der Waals surface area contributed by atoms with Crippen LogP contribution in [-0.2, 0) is 16.1 Å². The number of benzene rings is 1. The minimum Gasteiger partial charge on any atom is -0.496 e. The van der Waals surface area contributed by atoms with Gasteiger partial charge in [0.25, 0.3) is 0 Å². The van der Waals surface area contributed by atoms with Gasteiger partial charge in [-0.2, -0.15) is 5.10 Å². The van der Waals surface area contributed by atoms with Crippen molar-refractivity contribution in [1.82, 2.24) is 30.3 Å². The van der Waals surface area contributed by atoms with Crippen LogP contribution < -0.4 is 20.1 Å². The maximum Gasteiger partial charge on any atom is 0.330 e. The van der Waals surface area contributed by atoms with Crippen LogP contribution in [0.5, 0.6) is 11.5 Å². The Labute approximate surface area is 275 Å². The standard InChI is InChI=1S/C35H46N6O6/c1-22(2)13-16-41-21-24(20-36-41)28-18-30(26-11-12-29(46-5)23(3)31(26)37-28)47-17-14-27-32(42)39-35(33(43)44)19-25(35)10-8-6-7-9-15-40(4)34(45)38-27/h8,10-12,18,20-22,25,27H,6-7,9,13-17,19H2,1-5H3,(H,38,45)(H,39,42)(H,43,44)/b10-8-/t25-,27+,35-/m1/s1. The molecule has 0 bridgehead atoms. The molecule has 1 saturated carbocycles. The molecule has 2 aliphatic rings. The highest BCUT2D eigenvalue weighted by molar-refractivity contribution is 5.94. The number of fused-ring (bicyclic) bond motifs is 2. The topological polar surface area (TPSA) is 148 Å². The third kappa shape index (κ3) is 7.69. The normalized spacial score (nSPS) is 22.6. The van der Waals surface area contributed by atoms with Crippen molar-refractivity contribution < 1.29 is 29.0 Å². The Morgan fingerprint density at radius 1 is 1.21 bits per heavy atom. The van der Waals surface area contributed by atoms with Crippen molar-refractivity contribution in [1.29, 1.82) is 0 Å². The van der Waals surface area contributed by atoms with Crippen LogP contribution in [0.2, 0.25) is 0 Å². The number of carbonyl (C=O) groups excluding carboxylic acids is 2. The Kier molecular flexibility index (Phi) is 10.4. The van der Waals surface area contributed by atoms with Crippen LogP contribution in [0.25, 0.3) is 22.2 Å². The average molecular weight is 647 g/mol. The Balaban J connectivity index is 1.40. The highest BCUT2D eigenvalue weighted by Crippen LogP contribution is 2.45. The fraction of sp³-hybridized carbons (Fsp3) is 0.514. The van der Waals surface area contributed by atoms with Crippen molar-refractivity contribution in [2.75, 3.05) is 27.3 Å². The number of rotatable bonds is 10. The number of carboxylic acids is 1. The molecule has 252 valence electrons. The number of ether oxygens (including phenoxy) is 2. The number of hydrogen-bond donors (Lipinski definition) is 3. The number of aromatic nitrogens is 3. The number of amides is 3. The first-order valence-electron chi connectivity index (χ1n) is 16.4. The van der Waals surface area contributed by atoms with Crippen molar-refractivity contribution in [3.8, 4) is 22.8 Å². The van der Waals surface area contributed by atoms with Crippen LogP contribution >= 0.6 is 0 Å². The fourth-order valence-electron chi connectivity index (χ4n) is 5.93. The molecule has 2 aromatic heterocycles. The smallest absolute Gasteiger partial charge is 0.330 e. The summed E-state index contributed by atoms with van der Waals surface area (Å²) >= 11 is 0. The van der Waals surface area contributed by atoms with Gasteiger partial charge in [0.1, 0.15) is 23.1 Å². The number of hydrogen-bond acceptors (Lipinski definition) is 7. The van der Waals surface area contributed by atoms with E-state index in [4.69, 9.17) is 14.5 Å². The quantitative estimate of drug-likeness (QED) is 0.263. The number of urea groups is 1. The van der Waals surface area contributed by atoms with Gasteiger partial charge >= 0.3 is 12.0 Å².